The second-order valence-corrected chi connectivity index (χ2v) is 4.33. The van der Waals surface area contributed by atoms with Gasteiger partial charge in [-0.2, -0.15) is 0 Å². The van der Waals surface area contributed by atoms with Crippen LogP contribution in [0, 0.1) is 19.7 Å². The van der Waals surface area contributed by atoms with Crippen molar-refractivity contribution in [2.24, 2.45) is 0 Å². The number of phenolic OH excluding ortho intramolecular Hbond substituents is 1. The second-order valence-electron chi connectivity index (χ2n) is 3.95. The molecule has 0 heterocycles. The summed E-state index contributed by atoms with van der Waals surface area (Å²) in [5.41, 5.74) is 1.61. The first-order valence-corrected chi connectivity index (χ1v) is 5.46. The summed E-state index contributed by atoms with van der Waals surface area (Å²) >= 11 is 5.87. The molecule has 1 rings (SSSR count). The van der Waals surface area contributed by atoms with Gasteiger partial charge < -0.3 is 5.11 Å². The molecule has 0 aliphatic heterocycles. The van der Waals surface area contributed by atoms with Gasteiger partial charge in [0.1, 0.15) is 11.6 Å². The van der Waals surface area contributed by atoms with Crippen molar-refractivity contribution in [3.05, 3.63) is 27.5 Å². The lowest BCUT2D eigenvalue weighted by molar-refractivity contribution is 0.445. The number of aromatic hydroxyl groups is 1. The Morgan fingerprint density at radius 2 is 1.87 bits per heavy atom. The average Bonchev–Trinajstić information content (AvgIpc) is 2.23. The summed E-state index contributed by atoms with van der Waals surface area (Å²) in [5, 5.41) is 10.0. The van der Waals surface area contributed by atoms with Crippen LogP contribution in [0.4, 0.5) is 4.39 Å². The molecule has 0 spiro atoms. The Bertz CT molecular complexity index is 359. The van der Waals surface area contributed by atoms with Gasteiger partial charge >= 0.3 is 0 Å². The molecule has 0 amide bonds. The van der Waals surface area contributed by atoms with Crippen LogP contribution in [0.5, 0.6) is 5.75 Å². The molecular weight excluding hydrogens is 215 g/mol. The molecule has 0 fully saturated rings. The monoisotopic (exact) mass is 230 g/mol. The summed E-state index contributed by atoms with van der Waals surface area (Å²) in [6.07, 6.45) is 0.767. The molecule has 1 unspecified atom stereocenters. The fourth-order valence-electron chi connectivity index (χ4n) is 1.58. The lowest BCUT2D eigenvalue weighted by Crippen LogP contribution is -2.01. The van der Waals surface area contributed by atoms with Crippen LogP contribution in [0.3, 0.4) is 0 Å². The van der Waals surface area contributed by atoms with E-state index in [9.17, 15) is 9.50 Å². The van der Waals surface area contributed by atoms with E-state index in [0.717, 1.165) is 6.42 Å². The Balaban J connectivity index is 3.52. The minimum absolute atomic E-state index is 0.0261. The van der Waals surface area contributed by atoms with Crippen LogP contribution in [-0.4, -0.2) is 5.11 Å². The van der Waals surface area contributed by atoms with Crippen LogP contribution in [0.2, 0.25) is 5.02 Å². The van der Waals surface area contributed by atoms with Gasteiger partial charge in [-0.3, -0.25) is 0 Å². The van der Waals surface area contributed by atoms with E-state index < -0.39 is 5.82 Å². The molecule has 0 radical (unpaired) electrons. The highest BCUT2D eigenvalue weighted by Gasteiger charge is 2.21. The highest BCUT2D eigenvalue weighted by Crippen LogP contribution is 2.39. The normalized spacial score (nSPS) is 12.9. The van der Waals surface area contributed by atoms with E-state index >= 15 is 0 Å². The zero-order valence-corrected chi connectivity index (χ0v) is 10.2. The van der Waals surface area contributed by atoms with Crippen molar-refractivity contribution in [1.29, 1.82) is 0 Å². The summed E-state index contributed by atoms with van der Waals surface area (Å²) in [6, 6.07) is 0. The molecule has 3 heteroatoms. The van der Waals surface area contributed by atoms with Crippen LogP contribution >= 0.6 is 11.6 Å². The Kier molecular flexibility index (Phi) is 3.61. The van der Waals surface area contributed by atoms with Crippen LogP contribution in [0.25, 0.3) is 0 Å². The quantitative estimate of drug-likeness (QED) is 0.803. The van der Waals surface area contributed by atoms with Crippen molar-refractivity contribution in [1.82, 2.24) is 0 Å². The third-order valence-electron chi connectivity index (χ3n) is 3.04. The third kappa shape index (κ3) is 1.96. The second kappa shape index (κ2) is 4.40. The van der Waals surface area contributed by atoms with E-state index in [4.69, 9.17) is 11.6 Å². The Labute approximate surface area is 94.9 Å². The van der Waals surface area contributed by atoms with E-state index in [0.29, 0.717) is 16.7 Å². The molecular formula is C12H16ClFO. The fraction of sp³-hybridized carbons (Fsp3) is 0.500. The molecule has 0 saturated heterocycles. The summed E-state index contributed by atoms with van der Waals surface area (Å²) in [7, 11) is 0. The van der Waals surface area contributed by atoms with Gasteiger partial charge in [0.2, 0.25) is 0 Å². The Morgan fingerprint density at radius 3 is 2.33 bits per heavy atom. The minimum atomic E-state index is -0.480. The highest BCUT2D eigenvalue weighted by molar-refractivity contribution is 6.31. The smallest absolute Gasteiger partial charge is 0.149 e. The molecule has 0 aliphatic rings. The van der Waals surface area contributed by atoms with E-state index in [1.807, 2.05) is 13.8 Å². The van der Waals surface area contributed by atoms with Gasteiger partial charge in [0, 0.05) is 5.56 Å². The number of rotatable bonds is 2. The molecule has 1 aromatic rings. The topological polar surface area (TPSA) is 20.2 Å². The maximum absolute atomic E-state index is 13.8. The Morgan fingerprint density at radius 1 is 1.33 bits per heavy atom. The standard InChI is InChI=1S/C12H16ClFO/c1-5-6(2)9-11(14)10(13)7(3)8(4)12(9)15/h6,15H,5H2,1-4H3. The van der Waals surface area contributed by atoms with Gasteiger partial charge in [-0.15, -0.1) is 0 Å². The first-order valence-electron chi connectivity index (χ1n) is 5.08. The van der Waals surface area contributed by atoms with Crippen LogP contribution in [-0.2, 0) is 0 Å². The number of hydrogen-bond acceptors (Lipinski definition) is 1. The highest BCUT2D eigenvalue weighted by atomic mass is 35.5. The number of phenols is 1. The molecule has 1 atom stereocenters. The van der Waals surface area contributed by atoms with Crippen molar-refractivity contribution in [3.63, 3.8) is 0 Å². The number of hydrogen-bond donors (Lipinski definition) is 1. The molecule has 0 aliphatic carbocycles. The van der Waals surface area contributed by atoms with Crippen molar-refractivity contribution < 1.29 is 9.50 Å². The van der Waals surface area contributed by atoms with E-state index in [-0.39, 0.29) is 16.7 Å². The maximum Gasteiger partial charge on any atom is 0.149 e. The first-order chi connectivity index (χ1) is 6.91. The lowest BCUT2D eigenvalue weighted by Gasteiger charge is -2.17. The maximum atomic E-state index is 13.8. The number of halogens is 2. The van der Waals surface area contributed by atoms with Crippen molar-refractivity contribution in [2.75, 3.05) is 0 Å². The van der Waals surface area contributed by atoms with Gasteiger partial charge in [-0.05, 0) is 37.3 Å². The van der Waals surface area contributed by atoms with E-state index in [1.165, 1.54) is 0 Å². The minimum Gasteiger partial charge on any atom is -0.507 e. The fourth-order valence-corrected chi connectivity index (χ4v) is 1.83. The van der Waals surface area contributed by atoms with Crippen LogP contribution in [0.1, 0.15) is 42.9 Å². The van der Waals surface area contributed by atoms with Gasteiger partial charge in [0.25, 0.3) is 0 Å². The van der Waals surface area contributed by atoms with Gasteiger partial charge in [-0.1, -0.05) is 25.4 Å². The lowest BCUT2D eigenvalue weighted by atomic mass is 9.93. The predicted octanol–water partition coefficient (Wildman–Crippen LogP) is 4.32. The number of benzene rings is 1. The van der Waals surface area contributed by atoms with Gasteiger partial charge in [0.05, 0.1) is 5.02 Å². The summed E-state index contributed by atoms with van der Waals surface area (Å²) < 4.78 is 13.8. The largest absolute Gasteiger partial charge is 0.507 e. The Hall–Kier alpha value is -0.760. The van der Waals surface area contributed by atoms with Crippen molar-refractivity contribution in [3.8, 4) is 5.75 Å². The van der Waals surface area contributed by atoms with E-state index in [2.05, 4.69) is 0 Å². The summed E-state index contributed by atoms with van der Waals surface area (Å²) in [6.45, 7) is 7.29. The summed E-state index contributed by atoms with van der Waals surface area (Å²) in [4.78, 5) is 0. The van der Waals surface area contributed by atoms with Gasteiger partial charge in [-0.25, -0.2) is 4.39 Å². The van der Waals surface area contributed by atoms with Crippen molar-refractivity contribution in [2.45, 2.75) is 40.0 Å². The van der Waals surface area contributed by atoms with Crippen molar-refractivity contribution >= 4 is 11.6 Å². The molecule has 1 aromatic carbocycles. The molecule has 84 valence electrons. The molecule has 0 saturated carbocycles. The zero-order valence-electron chi connectivity index (χ0n) is 9.49. The molecule has 0 aromatic heterocycles. The van der Waals surface area contributed by atoms with E-state index in [1.54, 1.807) is 13.8 Å². The average molecular weight is 231 g/mol. The van der Waals surface area contributed by atoms with Crippen LogP contribution < -0.4 is 0 Å². The molecule has 0 bridgehead atoms. The molecule has 1 N–H and O–H groups in total. The molecule has 15 heavy (non-hydrogen) atoms. The predicted molar refractivity (Wildman–Crippen MR) is 61.3 cm³/mol. The first kappa shape index (κ1) is 12.3. The molecule has 1 nitrogen and oxygen atoms in total. The van der Waals surface area contributed by atoms with Crippen LogP contribution in [0.15, 0.2) is 0 Å². The third-order valence-corrected chi connectivity index (χ3v) is 3.49. The van der Waals surface area contributed by atoms with Gasteiger partial charge in [0.15, 0.2) is 0 Å². The summed E-state index contributed by atoms with van der Waals surface area (Å²) in [5.74, 6) is -0.461. The zero-order chi connectivity index (χ0) is 11.7. The SMILES string of the molecule is CCC(C)c1c(O)c(C)c(C)c(Cl)c1F.